The van der Waals surface area contributed by atoms with Gasteiger partial charge in [-0.3, -0.25) is 4.79 Å². The quantitative estimate of drug-likeness (QED) is 0.458. The highest BCUT2D eigenvalue weighted by Crippen LogP contribution is 2.32. The van der Waals surface area contributed by atoms with Gasteiger partial charge in [0.15, 0.2) is 6.61 Å². The summed E-state index contributed by atoms with van der Waals surface area (Å²) in [5.74, 6) is -0.328. The Labute approximate surface area is 192 Å². The number of aromatic amines is 1. The molecule has 0 radical (unpaired) electrons. The minimum Gasteiger partial charge on any atom is -0.452 e. The third-order valence-corrected chi connectivity index (χ3v) is 6.92. The first-order valence-corrected chi connectivity index (χ1v) is 12.4. The van der Waals surface area contributed by atoms with Crippen LogP contribution in [0.2, 0.25) is 0 Å². The number of hydrogen-bond acceptors (Lipinski definition) is 5. The minimum absolute atomic E-state index is 0.0371. The third kappa shape index (κ3) is 5.43. The molecular weight excluding hydrogens is 442 g/mol. The number of benzene rings is 2. The average molecular weight is 470 g/mol. The van der Waals surface area contributed by atoms with Gasteiger partial charge in [0.25, 0.3) is 5.91 Å². The molecule has 0 bridgehead atoms. The van der Waals surface area contributed by atoms with Crippen LogP contribution in [-0.4, -0.2) is 38.4 Å². The van der Waals surface area contributed by atoms with Crippen LogP contribution >= 0.6 is 0 Å². The van der Waals surface area contributed by atoms with Crippen LogP contribution in [0.1, 0.15) is 40.5 Å². The van der Waals surface area contributed by atoms with Crippen LogP contribution in [0, 0.1) is 5.92 Å². The Hall–Kier alpha value is -3.17. The topological polar surface area (TPSA) is 131 Å². The number of nitrogens with one attached hydrogen (secondary N) is 2. The van der Waals surface area contributed by atoms with E-state index < -0.39 is 21.9 Å². The molecule has 1 aliphatic carbocycles. The fraction of sp³-hybridized carbons (Fsp3) is 0.333. The highest BCUT2D eigenvalue weighted by atomic mass is 32.2. The number of hydrogen-bond donors (Lipinski definition) is 3. The SMILES string of the molecule is CC1CCc2[nH]c3ccc(C(=O)OCC(=O)NCCc4ccc(S(N)(=O)=O)cc4)cc3c2C1. The molecular formula is C24H27N3O5S. The van der Waals surface area contributed by atoms with Crippen molar-refractivity contribution in [3.05, 3.63) is 64.8 Å². The van der Waals surface area contributed by atoms with Gasteiger partial charge in [-0.2, -0.15) is 0 Å². The molecule has 33 heavy (non-hydrogen) atoms. The summed E-state index contributed by atoms with van der Waals surface area (Å²) in [5, 5.41) is 8.81. The number of primary sulfonamides is 1. The lowest BCUT2D eigenvalue weighted by atomic mass is 9.87. The first-order chi connectivity index (χ1) is 15.7. The molecule has 9 heteroatoms. The van der Waals surface area contributed by atoms with Crippen LogP contribution < -0.4 is 10.5 Å². The van der Waals surface area contributed by atoms with E-state index in [1.54, 1.807) is 18.2 Å². The Morgan fingerprint density at radius 2 is 1.94 bits per heavy atom. The van der Waals surface area contributed by atoms with Crippen molar-refractivity contribution < 1.29 is 22.7 Å². The van der Waals surface area contributed by atoms with Crippen molar-refractivity contribution in [3.8, 4) is 0 Å². The zero-order chi connectivity index (χ0) is 23.6. The number of rotatable bonds is 7. The van der Waals surface area contributed by atoms with E-state index in [9.17, 15) is 18.0 Å². The fourth-order valence-corrected chi connectivity index (χ4v) is 4.69. The monoisotopic (exact) mass is 469 g/mol. The van der Waals surface area contributed by atoms with E-state index in [1.165, 1.54) is 23.4 Å². The summed E-state index contributed by atoms with van der Waals surface area (Å²) in [5.41, 5.74) is 4.79. The molecule has 1 aliphatic rings. The molecule has 2 aromatic carbocycles. The molecule has 1 unspecified atom stereocenters. The molecule has 1 aromatic heterocycles. The summed E-state index contributed by atoms with van der Waals surface area (Å²) in [7, 11) is -3.73. The largest absolute Gasteiger partial charge is 0.452 e. The van der Waals surface area contributed by atoms with Crippen molar-refractivity contribution in [2.75, 3.05) is 13.2 Å². The van der Waals surface area contributed by atoms with Crippen molar-refractivity contribution in [2.45, 2.75) is 37.5 Å². The van der Waals surface area contributed by atoms with Gasteiger partial charge in [0, 0.05) is 23.1 Å². The Balaban J connectivity index is 1.28. The lowest BCUT2D eigenvalue weighted by Crippen LogP contribution is -2.30. The number of aryl methyl sites for hydroxylation is 1. The number of aromatic nitrogens is 1. The molecule has 0 aliphatic heterocycles. The summed E-state index contributed by atoms with van der Waals surface area (Å²) in [6, 6.07) is 11.6. The molecule has 4 N–H and O–H groups in total. The summed E-state index contributed by atoms with van der Waals surface area (Å²) < 4.78 is 27.8. The molecule has 0 saturated carbocycles. The first-order valence-electron chi connectivity index (χ1n) is 10.9. The number of nitrogens with two attached hydrogens (primary N) is 1. The maximum atomic E-state index is 12.5. The molecule has 1 heterocycles. The number of H-pyrrole nitrogens is 1. The summed E-state index contributed by atoms with van der Waals surface area (Å²) >= 11 is 0. The van der Waals surface area contributed by atoms with Gasteiger partial charge in [-0.05, 0) is 73.1 Å². The zero-order valence-corrected chi connectivity index (χ0v) is 19.2. The lowest BCUT2D eigenvalue weighted by molar-refractivity contribution is -0.124. The number of sulfonamides is 1. The molecule has 1 atom stereocenters. The molecule has 3 aromatic rings. The molecule has 0 fully saturated rings. The van der Waals surface area contributed by atoms with Gasteiger partial charge in [0.05, 0.1) is 10.5 Å². The second-order valence-corrected chi connectivity index (χ2v) is 10.1. The van der Waals surface area contributed by atoms with E-state index in [1.807, 2.05) is 12.1 Å². The molecule has 4 rings (SSSR count). The van der Waals surface area contributed by atoms with E-state index in [-0.39, 0.29) is 11.5 Å². The van der Waals surface area contributed by atoms with Crippen molar-refractivity contribution in [2.24, 2.45) is 11.1 Å². The van der Waals surface area contributed by atoms with Gasteiger partial charge in [-0.1, -0.05) is 19.1 Å². The Kier molecular flexibility index (Phi) is 6.53. The smallest absolute Gasteiger partial charge is 0.338 e. The van der Waals surface area contributed by atoms with E-state index in [4.69, 9.17) is 9.88 Å². The van der Waals surface area contributed by atoms with Crippen molar-refractivity contribution in [3.63, 3.8) is 0 Å². The minimum atomic E-state index is -3.73. The lowest BCUT2D eigenvalue weighted by Gasteiger charge is -2.18. The predicted octanol–water partition coefficient (Wildman–Crippen LogP) is 2.46. The van der Waals surface area contributed by atoms with Gasteiger partial charge >= 0.3 is 5.97 Å². The molecule has 0 spiro atoms. The molecule has 174 valence electrons. The van der Waals surface area contributed by atoms with Gasteiger partial charge in [-0.25, -0.2) is 18.4 Å². The fourth-order valence-electron chi connectivity index (χ4n) is 4.18. The second kappa shape index (κ2) is 9.36. The number of carbonyl (C=O) groups excluding carboxylic acids is 2. The van der Waals surface area contributed by atoms with Crippen LogP contribution in [-0.2, 0) is 38.8 Å². The van der Waals surface area contributed by atoms with Crippen LogP contribution in [0.4, 0.5) is 0 Å². The Morgan fingerprint density at radius 3 is 2.67 bits per heavy atom. The van der Waals surface area contributed by atoms with Crippen LogP contribution in [0.25, 0.3) is 10.9 Å². The van der Waals surface area contributed by atoms with Crippen LogP contribution in [0.5, 0.6) is 0 Å². The summed E-state index contributed by atoms with van der Waals surface area (Å²) in [6.07, 6.45) is 3.66. The van der Waals surface area contributed by atoms with Gasteiger partial charge in [0.1, 0.15) is 0 Å². The second-order valence-electron chi connectivity index (χ2n) is 8.56. The van der Waals surface area contributed by atoms with E-state index in [2.05, 4.69) is 17.2 Å². The standard InChI is InChI=1S/C24H27N3O5S/c1-15-2-8-21-19(12-15)20-13-17(5-9-22(20)27-21)24(29)32-14-23(28)26-11-10-16-3-6-18(7-4-16)33(25,30)31/h3-7,9,13,15,27H,2,8,10-12,14H2,1H3,(H,26,28)(H2,25,30,31). The Morgan fingerprint density at radius 1 is 1.18 bits per heavy atom. The maximum Gasteiger partial charge on any atom is 0.338 e. The highest BCUT2D eigenvalue weighted by Gasteiger charge is 2.21. The van der Waals surface area contributed by atoms with Crippen LogP contribution in [0.3, 0.4) is 0 Å². The van der Waals surface area contributed by atoms with E-state index in [0.29, 0.717) is 24.4 Å². The zero-order valence-electron chi connectivity index (χ0n) is 18.4. The van der Waals surface area contributed by atoms with E-state index >= 15 is 0 Å². The van der Waals surface area contributed by atoms with Crippen molar-refractivity contribution in [1.29, 1.82) is 0 Å². The molecule has 8 nitrogen and oxygen atoms in total. The number of fused-ring (bicyclic) bond motifs is 3. The van der Waals surface area contributed by atoms with Crippen molar-refractivity contribution >= 4 is 32.8 Å². The number of amides is 1. The molecule has 0 saturated heterocycles. The number of ether oxygens (including phenoxy) is 1. The highest BCUT2D eigenvalue weighted by molar-refractivity contribution is 7.89. The first kappa shape index (κ1) is 23.0. The molecule has 1 amide bonds. The Bertz CT molecular complexity index is 1300. The van der Waals surface area contributed by atoms with E-state index in [0.717, 1.165) is 35.7 Å². The van der Waals surface area contributed by atoms with Crippen LogP contribution in [0.15, 0.2) is 47.4 Å². The summed E-state index contributed by atoms with van der Waals surface area (Å²) in [4.78, 5) is 28.0. The van der Waals surface area contributed by atoms with Crippen molar-refractivity contribution in [1.82, 2.24) is 10.3 Å². The third-order valence-electron chi connectivity index (χ3n) is 5.99. The maximum absolute atomic E-state index is 12.5. The van der Waals surface area contributed by atoms with Gasteiger partial charge < -0.3 is 15.0 Å². The normalized spacial score (nSPS) is 15.8. The average Bonchev–Trinajstić information content (AvgIpc) is 3.14. The van der Waals surface area contributed by atoms with Gasteiger partial charge in [0.2, 0.25) is 10.0 Å². The summed E-state index contributed by atoms with van der Waals surface area (Å²) in [6.45, 7) is 2.19. The number of carbonyl (C=O) groups is 2. The predicted molar refractivity (Wildman–Crippen MR) is 124 cm³/mol. The van der Waals surface area contributed by atoms with Gasteiger partial charge in [-0.15, -0.1) is 0 Å². The number of esters is 1.